The van der Waals surface area contributed by atoms with Crippen LogP contribution in [0, 0.1) is 0 Å². The maximum absolute atomic E-state index is 13.4. The molecule has 2 aliphatic heterocycles. The number of likely N-dealkylation sites (tertiary alicyclic amines) is 1. The molecule has 0 radical (unpaired) electrons. The van der Waals surface area contributed by atoms with Crippen LogP contribution in [0.25, 0.3) is 0 Å². The Kier molecular flexibility index (Phi) is 5.79. The van der Waals surface area contributed by atoms with E-state index in [-0.39, 0.29) is 24.2 Å². The van der Waals surface area contributed by atoms with Crippen molar-refractivity contribution in [3.8, 4) is 0 Å². The number of nitrogens with zero attached hydrogens (tertiary/aromatic N) is 3. The lowest BCUT2D eigenvalue weighted by atomic mass is 9.91. The van der Waals surface area contributed by atoms with E-state index in [0.717, 1.165) is 23.3 Å². The standard InChI is InChI=1S/C21H21N3O3.ClH/c1-14(15-8-10-22-11-9-15)18(21(27)23-12-4-5-13-23)24-19(25)16-6-2-3-7-17(16)20(24)26;/h2-3,6-11,14,18H,4-5,12-13H2,1H3;1H/t14-,18+;/m0./s1. The summed E-state index contributed by atoms with van der Waals surface area (Å²) in [5.74, 6) is -1.28. The molecule has 2 atom stereocenters. The Morgan fingerprint density at radius 1 is 0.964 bits per heavy atom. The molecule has 146 valence electrons. The number of carbonyl (C=O) groups excluding carboxylic acids is 3. The Balaban J connectivity index is 0.00000225. The zero-order chi connectivity index (χ0) is 19.0. The highest BCUT2D eigenvalue weighted by Crippen LogP contribution is 2.32. The van der Waals surface area contributed by atoms with E-state index in [2.05, 4.69) is 4.98 Å². The van der Waals surface area contributed by atoms with Crippen LogP contribution in [0.4, 0.5) is 0 Å². The molecule has 2 aliphatic rings. The molecule has 3 amide bonds. The van der Waals surface area contributed by atoms with Gasteiger partial charge in [-0.05, 0) is 42.7 Å². The largest absolute Gasteiger partial charge is 0.341 e. The highest BCUT2D eigenvalue weighted by atomic mass is 35.5. The number of imide groups is 1. The molecule has 0 N–H and O–H groups in total. The summed E-state index contributed by atoms with van der Waals surface area (Å²) in [7, 11) is 0. The molecule has 0 spiro atoms. The van der Waals surface area contributed by atoms with Crippen molar-refractivity contribution in [1.82, 2.24) is 14.8 Å². The van der Waals surface area contributed by atoms with Gasteiger partial charge in [-0.25, -0.2) is 0 Å². The third-order valence-corrected chi connectivity index (χ3v) is 5.48. The Bertz CT molecular complexity index is 862. The average Bonchev–Trinajstić information content (AvgIpc) is 3.32. The van der Waals surface area contributed by atoms with Crippen molar-refractivity contribution in [2.45, 2.75) is 31.7 Å². The minimum atomic E-state index is -0.863. The van der Waals surface area contributed by atoms with Crippen molar-refractivity contribution in [2.75, 3.05) is 13.1 Å². The fraction of sp³-hybridized carbons (Fsp3) is 0.333. The lowest BCUT2D eigenvalue weighted by Gasteiger charge is -2.33. The van der Waals surface area contributed by atoms with Gasteiger partial charge in [0.15, 0.2) is 0 Å². The van der Waals surface area contributed by atoms with E-state index < -0.39 is 17.9 Å². The highest BCUT2D eigenvalue weighted by Gasteiger charge is 2.46. The van der Waals surface area contributed by atoms with Gasteiger partial charge in [0.25, 0.3) is 11.8 Å². The second kappa shape index (κ2) is 8.10. The number of hydrogen-bond acceptors (Lipinski definition) is 4. The van der Waals surface area contributed by atoms with Gasteiger partial charge in [-0.1, -0.05) is 19.1 Å². The highest BCUT2D eigenvalue weighted by molar-refractivity contribution is 6.23. The summed E-state index contributed by atoms with van der Waals surface area (Å²) in [6.07, 6.45) is 5.21. The molecular weight excluding hydrogens is 378 g/mol. The number of halogens is 1. The molecule has 0 saturated carbocycles. The van der Waals surface area contributed by atoms with Gasteiger partial charge in [-0.3, -0.25) is 24.3 Å². The number of pyridine rings is 1. The average molecular weight is 400 g/mol. The van der Waals surface area contributed by atoms with Crippen molar-refractivity contribution < 1.29 is 14.4 Å². The Hall–Kier alpha value is -2.73. The predicted molar refractivity (Wildman–Crippen MR) is 106 cm³/mol. The second-order valence-corrected chi connectivity index (χ2v) is 7.07. The first-order valence-electron chi connectivity index (χ1n) is 9.25. The van der Waals surface area contributed by atoms with Crippen LogP contribution in [-0.4, -0.2) is 51.6 Å². The van der Waals surface area contributed by atoms with E-state index in [9.17, 15) is 14.4 Å². The molecule has 1 aromatic carbocycles. The summed E-state index contributed by atoms with van der Waals surface area (Å²) in [6.45, 7) is 3.22. The lowest BCUT2D eigenvalue weighted by molar-refractivity contribution is -0.135. The van der Waals surface area contributed by atoms with Crippen LogP contribution in [0.15, 0.2) is 48.8 Å². The van der Waals surface area contributed by atoms with Crippen molar-refractivity contribution in [3.05, 3.63) is 65.5 Å². The van der Waals surface area contributed by atoms with Crippen molar-refractivity contribution >= 4 is 30.1 Å². The van der Waals surface area contributed by atoms with Gasteiger partial charge >= 0.3 is 0 Å². The van der Waals surface area contributed by atoms with Crippen LogP contribution in [0.5, 0.6) is 0 Å². The van der Waals surface area contributed by atoms with Gasteiger partial charge in [-0.2, -0.15) is 0 Å². The number of amides is 3. The number of benzene rings is 1. The van der Waals surface area contributed by atoms with E-state index >= 15 is 0 Å². The van der Waals surface area contributed by atoms with Crippen molar-refractivity contribution in [2.24, 2.45) is 0 Å². The summed E-state index contributed by atoms with van der Waals surface area (Å²) < 4.78 is 0. The van der Waals surface area contributed by atoms with Gasteiger partial charge in [0.2, 0.25) is 5.91 Å². The molecule has 3 heterocycles. The Morgan fingerprint density at radius 2 is 1.50 bits per heavy atom. The summed E-state index contributed by atoms with van der Waals surface area (Å²) in [5, 5.41) is 0. The summed E-state index contributed by atoms with van der Waals surface area (Å²) >= 11 is 0. The second-order valence-electron chi connectivity index (χ2n) is 7.07. The molecule has 4 rings (SSSR count). The lowest BCUT2D eigenvalue weighted by Crippen LogP contribution is -2.52. The van der Waals surface area contributed by atoms with E-state index in [4.69, 9.17) is 0 Å². The summed E-state index contributed by atoms with van der Waals surface area (Å²) in [6, 6.07) is 9.54. The van der Waals surface area contributed by atoms with Crippen LogP contribution in [0.3, 0.4) is 0 Å². The van der Waals surface area contributed by atoms with Crippen LogP contribution in [0.2, 0.25) is 0 Å². The first-order valence-corrected chi connectivity index (χ1v) is 9.25. The predicted octanol–water partition coefficient (Wildman–Crippen LogP) is 2.89. The molecule has 28 heavy (non-hydrogen) atoms. The van der Waals surface area contributed by atoms with Crippen LogP contribution in [0.1, 0.15) is 52.0 Å². The minimum Gasteiger partial charge on any atom is -0.341 e. The number of hydrogen-bond donors (Lipinski definition) is 0. The molecule has 0 bridgehead atoms. The quantitative estimate of drug-likeness (QED) is 0.741. The molecule has 7 heteroatoms. The SMILES string of the molecule is C[C@@H](c1ccncc1)[C@H](C(=O)N1CCCC1)N1C(=O)c2ccccc2C1=O.Cl. The molecule has 6 nitrogen and oxygen atoms in total. The summed E-state index contributed by atoms with van der Waals surface area (Å²) in [4.78, 5) is 46.4. The number of fused-ring (bicyclic) bond motifs is 1. The van der Waals surface area contributed by atoms with Gasteiger partial charge in [0.05, 0.1) is 11.1 Å². The molecule has 1 fully saturated rings. The van der Waals surface area contributed by atoms with Gasteiger partial charge in [0, 0.05) is 31.4 Å². The Morgan fingerprint density at radius 3 is 2.04 bits per heavy atom. The fourth-order valence-electron chi connectivity index (χ4n) is 3.98. The molecule has 2 aromatic rings. The van der Waals surface area contributed by atoms with Crippen LogP contribution < -0.4 is 0 Å². The zero-order valence-electron chi connectivity index (χ0n) is 15.6. The summed E-state index contributed by atoms with van der Waals surface area (Å²) in [5.41, 5.74) is 1.60. The first kappa shape index (κ1) is 20.0. The molecule has 1 saturated heterocycles. The van der Waals surface area contributed by atoms with E-state index in [0.29, 0.717) is 24.2 Å². The van der Waals surface area contributed by atoms with Gasteiger partial charge in [-0.15, -0.1) is 12.4 Å². The van der Waals surface area contributed by atoms with Crippen LogP contribution >= 0.6 is 12.4 Å². The number of aromatic nitrogens is 1. The molecular formula is C21H22ClN3O3. The molecule has 0 aliphatic carbocycles. The number of carbonyl (C=O) groups is 3. The smallest absolute Gasteiger partial charge is 0.262 e. The third kappa shape index (κ3) is 3.29. The minimum absolute atomic E-state index is 0. The first-order chi connectivity index (χ1) is 13.1. The molecule has 0 unspecified atom stereocenters. The maximum atomic E-state index is 13.4. The van der Waals surface area contributed by atoms with Gasteiger partial charge < -0.3 is 4.90 Å². The van der Waals surface area contributed by atoms with Gasteiger partial charge in [0.1, 0.15) is 6.04 Å². The monoisotopic (exact) mass is 399 g/mol. The normalized spacial score (nSPS) is 17.9. The van der Waals surface area contributed by atoms with Crippen molar-refractivity contribution in [1.29, 1.82) is 0 Å². The van der Waals surface area contributed by atoms with Crippen molar-refractivity contribution in [3.63, 3.8) is 0 Å². The number of rotatable bonds is 4. The zero-order valence-corrected chi connectivity index (χ0v) is 16.4. The topological polar surface area (TPSA) is 70.6 Å². The Labute approximate surface area is 170 Å². The molecule has 1 aromatic heterocycles. The van der Waals surface area contributed by atoms with E-state index in [1.807, 2.05) is 19.1 Å². The van der Waals surface area contributed by atoms with E-state index in [1.54, 1.807) is 41.6 Å². The van der Waals surface area contributed by atoms with Crippen LogP contribution in [-0.2, 0) is 4.79 Å². The fourth-order valence-corrected chi connectivity index (χ4v) is 3.98. The maximum Gasteiger partial charge on any atom is 0.262 e. The third-order valence-electron chi connectivity index (χ3n) is 5.48. The van der Waals surface area contributed by atoms with E-state index in [1.165, 1.54) is 0 Å².